The molecular weight excluding hydrogens is 434 g/mol. The topological polar surface area (TPSA) is 142 Å². The third-order valence-corrected chi connectivity index (χ3v) is 5.35. The number of amides is 1. The molecule has 11 nitrogen and oxygen atoms in total. The Morgan fingerprint density at radius 3 is 2.79 bits per heavy atom. The van der Waals surface area contributed by atoms with Gasteiger partial charge in [0.2, 0.25) is 5.91 Å². The van der Waals surface area contributed by atoms with Crippen molar-refractivity contribution in [2.45, 2.75) is 13.1 Å². The van der Waals surface area contributed by atoms with Crippen LogP contribution in [-0.4, -0.2) is 57.5 Å². The lowest BCUT2D eigenvalue weighted by molar-refractivity contribution is -0.111. The van der Waals surface area contributed by atoms with Gasteiger partial charge in [-0.05, 0) is 51.7 Å². The third kappa shape index (κ3) is 6.20. The highest BCUT2D eigenvalue weighted by atomic mass is 16.5. The molecule has 3 aromatic rings. The lowest BCUT2D eigenvalue weighted by Gasteiger charge is -2.27. The van der Waals surface area contributed by atoms with E-state index in [0.717, 1.165) is 47.5 Å². The van der Waals surface area contributed by atoms with Crippen LogP contribution in [0.5, 0.6) is 0 Å². The van der Waals surface area contributed by atoms with Crippen LogP contribution in [-0.2, 0) is 22.6 Å². The van der Waals surface area contributed by atoms with Crippen molar-refractivity contribution in [1.29, 1.82) is 0 Å². The minimum absolute atomic E-state index is 0.211. The summed E-state index contributed by atoms with van der Waals surface area (Å²) >= 11 is 0. The summed E-state index contributed by atoms with van der Waals surface area (Å²) < 4.78 is 5.41. The first-order chi connectivity index (χ1) is 16.7. The second-order valence-corrected chi connectivity index (χ2v) is 7.58. The molecule has 3 heterocycles. The summed E-state index contributed by atoms with van der Waals surface area (Å²) in [5, 5.41) is 17.7. The highest BCUT2D eigenvalue weighted by Crippen LogP contribution is 2.23. The van der Waals surface area contributed by atoms with Crippen LogP contribution in [0.1, 0.15) is 16.7 Å². The number of nitrogens with zero attached hydrogens (tertiary/aromatic N) is 8. The number of benzene rings is 1. The van der Waals surface area contributed by atoms with Gasteiger partial charge in [0.25, 0.3) is 0 Å². The Bertz CT molecular complexity index is 1200. The molecule has 0 spiro atoms. The summed E-state index contributed by atoms with van der Waals surface area (Å²) in [7, 11) is 0. The van der Waals surface area contributed by atoms with Gasteiger partial charge in [-0.2, -0.15) is 0 Å². The van der Waals surface area contributed by atoms with Crippen LogP contribution >= 0.6 is 0 Å². The van der Waals surface area contributed by atoms with E-state index in [4.69, 9.17) is 10.3 Å². The summed E-state index contributed by atoms with van der Waals surface area (Å²) in [6.07, 6.45) is 9.66. The minimum atomic E-state index is -0.295. The van der Waals surface area contributed by atoms with Crippen molar-refractivity contribution in [3.63, 3.8) is 0 Å². The van der Waals surface area contributed by atoms with Crippen molar-refractivity contribution in [3.8, 4) is 11.1 Å². The zero-order chi connectivity index (χ0) is 23.6. The Morgan fingerprint density at radius 1 is 1.18 bits per heavy atom. The molecule has 0 unspecified atom stereocenters. The van der Waals surface area contributed by atoms with Crippen LogP contribution in [0.25, 0.3) is 27.6 Å². The molecule has 11 heteroatoms. The number of carbonyl (C=O) groups is 1. The molecule has 0 radical (unpaired) electrons. The van der Waals surface area contributed by atoms with Gasteiger partial charge < -0.3 is 10.1 Å². The second-order valence-electron chi connectivity index (χ2n) is 7.58. The molecule has 0 saturated carbocycles. The number of hydrogen-bond acceptors (Lipinski definition) is 8. The van der Waals surface area contributed by atoms with Crippen molar-refractivity contribution in [2.75, 3.05) is 31.6 Å². The fraction of sp³-hybridized carbons (Fsp3) is 0.261. The number of carbonyl (C=O) groups excluding carboxylic acids is 1. The van der Waals surface area contributed by atoms with E-state index >= 15 is 0 Å². The predicted molar refractivity (Wildman–Crippen MR) is 126 cm³/mol. The van der Waals surface area contributed by atoms with E-state index in [1.54, 1.807) is 30.9 Å². The quantitative estimate of drug-likeness (QED) is 0.237. The van der Waals surface area contributed by atoms with Gasteiger partial charge in [-0.1, -0.05) is 11.2 Å². The van der Waals surface area contributed by atoms with Gasteiger partial charge in [-0.15, -0.1) is 10.2 Å². The normalized spacial score (nSPS) is 14.0. The van der Waals surface area contributed by atoms with Crippen LogP contribution in [0.15, 0.2) is 60.2 Å². The van der Waals surface area contributed by atoms with E-state index < -0.39 is 0 Å². The van der Waals surface area contributed by atoms with E-state index in [1.807, 2.05) is 24.3 Å². The lowest BCUT2D eigenvalue weighted by atomic mass is 10.0. The van der Waals surface area contributed by atoms with Crippen LogP contribution in [0.4, 0.5) is 5.69 Å². The molecule has 2 aromatic heterocycles. The van der Waals surface area contributed by atoms with Crippen molar-refractivity contribution in [3.05, 3.63) is 82.3 Å². The second kappa shape index (κ2) is 11.6. The Kier molecular flexibility index (Phi) is 7.86. The summed E-state index contributed by atoms with van der Waals surface area (Å²) in [6.45, 7) is 4.06. The molecule has 1 N–H and O–H groups in total. The smallest absolute Gasteiger partial charge is 0.248 e. The molecule has 1 amide bonds. The number of morpholine rings is 1. The van der Waals surface area contributed by atoms with Gasteiger partial charge in [0.05, 0.1) is 32.2 Å². The predicted octanol–water partition coefficient (Wildman–Crippen LogP) is 3.23. The van der Waals surface area contributed by atoms with Crippen molar-refractivity contribution in [2.24, 2.45) is 5.11 Å². The Morgan fingerprint density at radius 2 is 2.00 bits per heavy atom. The van der Waals surface area contributed by atoms with E-state index in [-0.39, 0.29) is 12.5 Å². The fourth-order valence-electron chi connectivity index (χ4n) is 3.64. The van der Waals surface area contributed by atoms with E-state index in [1.165, 1.54) is 6.08 Å². The van der Waals surface area contributed by atoms with Crippen LogP contribution < -0.4 is 5.32 Å². The van der Waals surface area contributed by atoms with Gasteiger partial charge in [-0.25, -0.2) is 0 Å². The molecule has 1 fully saturated rings. The number of anilines is 1. The Labute approximate surface area is 196 Å². The number of rotatable bonds is 8. The summed E-state index contributed by atoms with van der Waals surface area (Å²) in [5.74, 6) is -0.295. The van der Waals surface area contributed by atoms with Gasteiger partial charge in [0.1, 0.15) is 0 Å². The van der Waals surface area contributed by atoms with Crippen molar-refractivity contribution >= 4 is 17.7 Å². The largest absolute Gasteiger partial charge is 0.379 e. The lowest BCUT2D eigenvalue weighted by Crippen LogP contribution is -2.35. The maximum absolute atomic E-state index is 12.6. The number of hydrogen-bond donors (Lipinski definition) is 1. The number of ether oxygens (including phenoxy) is 1. The standard InChI is InChI=1S/C23H23N9O2/c24-30-26-13-19-11-21(3-1-18(19)16-32-7-9-34-10-8-32)29-23(33)4-2-17-12-25-6-5-22(17)20-14-27-31-28-15-20/h1-6,11-12,14-15H,7-10,13,16H2,(H,29,33)/b4-2+. The first-order valence-electron chi connectivity index (χ1n) is 10.7. The molecule has 34 heavy (non-hydrogen) atoms. The first-order valence-corrected chi connectivity index (χ1v) is 10.7. The highest BCUT2D eigenvalue weighted by molar-refractivity contribution is 6.02. The number of azide groups is 1. The Hall–Kier alpha value is -4.18. The van der Waals surface area contributed by atoms with E-state index in [9.17, 15) is 4.79 Å². The molecule has 1 aliphatic rings. The average molecular weight is 457 g/mol. The number of pyridine rings is 1. The monoisotopic (exact) mass is 457 g/mol. The van der Waals surface area contributed by atoms with Gasteiger partial charge in [-0.3, -0.25) is 14.7 Å². The summed E-state index contributed by atoms with van der Waals surface area (Å²) in [6, 6.07) is 7.48. The average Bonchev–Trinajstić information content (AvgIpc) is 2.89. The molecule has 0 atom stereocenters. The molecule has 172 valence electrons. The zero-order valence-electron chi connectivity index (χ0n) is 18.4. The molecule has 1 aromatic carbocycles. The molecule has 0 bridgehead atoms. The van der Waals surface area contributed by atoms with E-state index in [0.29, 0.717) is 18.9 Å². The van der Waals surface area contributed by atoms with Gasteiger partial charge in [0.15, 0.2) is 0 Å². The molecule has 4 rings (SSSR count). The first kappa shape index (κ1) is 23.0. The van der Waals surface area contributed by atoms with Crippen molar-refractivity contribution in [1.82, 2.24) is 25.3 Å². The molecule has 0 aliphatic carbocycles. The maximum atomic E-state index is 12.6. The van der Waals surface area contributed by atoms with Crippen LogP contribution in [0, 0.1) is 0 Å². The molecule has 1 saturated heterocycles. The fourth-order valence-corrected chi connectivity index (χ4v) is 3.64. The SMILES string of the molecule is [N-]=[N+]=NCc1cc(NC(=O)/C=C/c2cnccc2-c2cnnnc2)ccc1CN1CCOCC1. The third-order valence-electron chi connectivity index (χ3n) is 5.35. The van der Waals surface area contributed by atoms with Crippen molar-refractivity contribution < 1.29 is 9.53 Å². The summed E-state index contributed by atoms with van der Waals surface area (Å²) in [5.41, 5.74) is 13.7. The number of aromatic nitrogens is 4. The Balaban J connectivity index is 1.47. The van der Waals surface area contributed by atoms with Gasteiger partial charge in [0, 0.05) is 59.8 Å². The number of nitrogens with one attached hydrogen (secondary N) is 1. The minimum Gasteiger partial charge on any atom is -0.379 e. The summed E-state index contributed by atoms with van der Waals surface area (Å²) in [4.78, 5) is 21.9. The van der Waals surface area contributed by atoms with Crippen LogP contribution in [0.2, 0.25) is 0 Å². The maximum Gasteiger partial charge on any atom is 0.248 e. The van der Waals surface area contributed by atoms with E-state index in [2.05, 4.69) is 40.6 Å². The highest BCUT2D eigenvalue weighted by Gasteiger charge is 2.13. The van der Waals surface area contributed by atoms with Crippen LogP contribution in [0.3, 0.4) is 0 Å². The molecular formula is C23H23N9O2. The van der Waals surface area contributed by atoms with Gasteiger partial charge >= 0.3 is 0 Å². The molecule has 1 aliphatic heterocycles. The zero-order valence-corrected chi connectivity index (χ0v) is 18.4.